The Morgan fingerprint density at radius 1 is 1.42 bits per heavy atom. The van der Waals surface area contributed by atoms with Gasteiger partial charge in [0.2, 0.25) is 5.91 Å². The Morgan fingerprint density at radius 2 is 2.11 bits per heavy atom. The molecule has 1 rings (SSSR count). The molecule has 19 heavy (non-hydrogen) atoms. The van der Waals surface area contributed by atoms with Gasteiger partial charge in [-0.2, -0.15) is 0 Å². The van der Waals surface area contributed by atoms with Crippen LogP contribution >= 0.6 is 0 Å². The third-order valence-corrected chi connectivity index (χ3v) is 3.92. The van der Waals surface area contributed by atoms with Crippen molar-refractivity contribution in [1.82, 2.24) is 10.2 Å². The zero-order chi connectivity index (χ0) is 14.5. The van der Waals surface area contributed by atoms with Crippen LogP contribution in [0.4, 0.5) is 0 Å². The Hall–Kier alpha value is -0.610. The van der Waals surface area contributed by atoms with Crippen LogP contribution in [0.5, 0.6) is 0 Å². The predicted molar refractivity (Wildman–Crippen MR) is 77.9 cm³/mol. The molecule has 0 aromatic carbocycles. The van der Waals surface area contributed by atoms with Crippen molar-refractivity contribution in [3.05, 3.63) is 0 Å². The third-order valence-electron chi connectivity index (χ3n) is 3.92. The second kappa shape index (κ2) is 7.25. The molecule has 1 aliphatic heterocycles. The molecule has 0 radical (unpaired) electrons. The zero-order valence-electron chi connectivity index (χ0n) is 13.2. The fourth-order valence-corrected chi connectivity index (χ4v) is 2.59. The van der Waals surface area contributed by atoms with Crippen molar-refractivity contribution in [2.45, 2.75) is 65.6 Å². The normalized spacial score (nSPS) is 24.3. The number of carbonyl (C=O) groups excluding carboxylic acids is 1. The molecule has 112 valence electrons. The lowest BCUT2D eigenvalue weighted by Crippen LogP contribution is -2.41. The van der Waals surface area contributed by atoms with E-state index in [4.69, 9.17) is 4.74 Å². The molecular formula is C15H30N2O2. The number of ether oxygens (including phenoxy) is 1. The third kappa shape index (κ3) is 4.77. The zero-order valence-corrected chi connectivity index (χ0v) is 13.2. The van der Waals surface area contributed by atoms with Gasteiger partial charge in [0, 0.05) is 20.3 Å². The average Bonchev–Trinajstić information content (AvgIpc) is 2.61. The minimum absolute atomic E-state index is 0.0215. The topological polar surface area (TPSA) is 41.6 Å². The molecule has 1 heterocycles. The summed E-state index contributed by atoms with van der Waals surface area (Å²) >= 11 is 0. The van der Waals surface area contributed by atoms with Crippen molar-refractivity contribution in [2.75, 3.05) is 20.3 Å². The van der Waals surface area contributed by atoms with E-state index in [1.807, 2.05) is 4.90 Å². The quantitative estimate of drug-likeness (QED) is 0.736. The van der Waals surface area contributed by atoms with E-state index in [9.17, 15) is 4.79 Å². The van der Waals surface area contributed by atoms with Crippen molar-refractivity contribution in [2.24, 2.45) is 5.41 Å². The van der Waals surface area contributed by atoms with Gasteiger partial charge in [-0.3, -0.25) is 10.1 Å². The highest BCUT2D eigenvalue weighted by Gasteiger charge is 2.38. The van der Waals surface area contributed by atoms with Crippen LogP contribution in [-0.4, -0.2) is 43.3 Å². The van der Waals surface area contributed by atoms with Gasteiger partial charge in [-0.1, -0.05) is 33.6 Å². The molecule has 0 saturated carbocycles. The fraction of sp³-hybridized carbons (Fsp3) is 0.933. The Kier molecular flexibility index (Phi) is 6.27. The molecule has 1 N–H and O–H groups in total. The first-order valence-corrected chi connectivity index (χ1v) is 7.46. The minimum Gasteiger partial charge on any atom is -0.385 e. The summed E-state index contributed by atoms with van der Waals surface area (Å²) in [4.78, 5) is 14.4. The highest BCUT2D eigenvalue weighted by molar-refractivity contribution is 5.84. The van der Waals surface area contributed by atoms with E-state index in [2.05, 4.69) is 33.0 Å². The highest BCUT2D eigenvalue weighted by atomic mass is 16.5. The molecule has 0 aromatic rings. The lowest BCUT2D eigenvalue weighted by molar-refractivity contribution is -0.131. The average molecular weight is 270 g/mol. The Labute approximate surface area is 117 Å². The van der Waals surface area contributed by atoms with E-state index >= 15 is 0 Å². The summed E-state index contributed by atoms with van der Waals surface area (Å²) in [5.41, 5.74) is 0.0985. The number of unbranched alkanes of at least 4 members (excludes halogenated alkanes) is 1. The molecule has 1 aliphatic rings. The summed E-state index contributed by atoms with van der Waals surface area (Å²) in [6.45, 7) is 10.2. The summed E-state index contributed by atoms with van der Waals surface area (Å²) < 4.78 is 5.15. The van der Waals surface area contributed by atoms with Gasteiger partial charge in [-0.05, 0) is 25.2 Å². The van der Waals surface area contributed by atoms with Crippen LogP contribution in [0.3, 0.4) is 0 Å². The maximum Gasteiger partial charge on any atom is 0.241 e. The summed E-state index contributed by atoms with van der Waals surface area (Å²) in [5, 5.41) is 3.41. The fourth-order valence-electron chi connectivity index (χ4n) is 2.59. The second-order valence-corrected chi connectivity index (χ2v) is 6.41. The number of rotatable bonds is 8. The van der Waals surface area contributed by atoms with Gasteiger partial charge in [-0.15, -0.1) is 0 Å². The predicted octanol–water partition coefficient (Wildman–Crippen LogP) is 2.39. The molecule has 4 heteroatoms. The largest absolute Gasteiger partial charge is 0.385 e. The lowest BCUT2D eigenvalue weighted by Gasteiger charge is -2.32. The van der Waals surface area contributed by atoms with Gasteiger partial charge in [0.05, 0.1) is 12.2 Å². The molecule has 0 bridgehead atoms. The monoisotopic (exact) mass is 270 g/mol. The van der Waals surface area contributed by atoms with Crippen molar-refractivity contribution in [1.29, 1.82) is 0 Å². The van der Waals surface area contributed by atoms with Crippen LogP contribution in [0, 0.1) is 5.41 Å². The number of carbonyl (C=O) groups is 1. The highest BCUT2D eigenvalue weighted by Crippen LogP contribution is 2.26. The van der Waals surface area contributed by atoms with Crippen molar-refractivity contribution < 1.29 is 9.53 Å². The van der Waals surface area contributed by atoms with Crippen LogP contribution < -0.4 is 5.32 Å². The number of amides is 1. The van der Waals surface area contributed by atoms with Crippen molar-refractivity contribution in [3.8, 4) is 0 Å². The number of hydrogen-bond acceptors (Lipinski definition) is 3. The Morgan fingerprint density at radius 3 is 2.68 bits per heavy atom. The maximum atomic E-state index is 12.4. The standard InChI is InChI=1S/C15H30N2O2/c1-6-7-8-13-14(18)17(12(2)16-13)11-15(3,4)9-10-19-5/h12-13,16H,6-11H2,1-5H3. The van der Waals surface area contributed by atoms with E-state index in [-0.39, 0.29) is 23.5 Å². The Bertz CT molecular complexity index is 292. The molecule has 2 atom stereocenters. The van der Waals surface area contributed by atoms with Crippen LogP contribution in [-0.2, 0) is 9.53 Å². The maximum absolute atomic E-state index is 12.4. The van der Waals surface area contributed by atoms with Crippen LogP contribution in [0.1, 0.15) is 53.4 Å². The number of nitrogens with one attached hydrogen (secondary N) is 1. The first kappa shape index (κ1) is 16.4. The summed E-state index contributed by atoms with van der Waals surface area (Å²) in [5.74, 6) is 0.270. The van der Waals surface area contributed by atoms with Gasteiger partial charge >= 0.3 is 0 Å². The van der Waals surface area contributed by atoms with Crippen LogP contribution in [0.15, 0.2) is 0 Å². The van der Waals surface area contributed by atoms with Crippen LogP contribution in [0.2, 0.25) is 0 Å². The smallest absolute Gasteiger partial charge is 0.241 e. The molecule has 1 saturated heterocycles. The first-order chi connectivity index (χ1) is 8.91. The van der Waals surface area contributed by atoms with E-state index in [1.165, 1.54) is 0 Å². The number of methoxy groups -OCH3 is 1. The molecule has 0 spiro atoms. The molecular weight excluding hydrogens is 240 g/mol. The number of nitrogens with zero attached hydrogens (tertiary/aromatic N) is 1. The van der Waals surface area contributed by atoms with Crippen molar-refractivity contribution >= 4 is 5.91 Å². The first-order valence-electron chi connectivity index (χ1n) is 7.46. The van der Waals surface area contributed by atoms with Gasteiger partial charge in [0.25, 0.3) is 0 Å². The molecule has 4 nitrogen and oxygen atoms in total. The second-order valence-electron chi connectivity index (χ2n) is 6.41. The summed E-state index contributed by atoms with van der Waals surface area (Å²) in [6.07, 6.45) is 4.32. The van der Waals surface area contributed by atoms with E-state index in [1.54, 1.807) is 7.11 Å². The van der Waals surface area contributed by atoms with Gasteiger partial charge in [0.15, 0.2) is 0 Å². The van der Waals surface area contributed by atoms with Gasteiger partial charge in [-0.25, -0.2) is 0 Å². The van der Waals surface area contributed by atoms with E-state index in [0.717, 1.165) is 38.8 Å². The van der Waals surface area contributed by atoms with E-state index in [0.29, 0.717) is 0 Å². The molecule has 1 amide bonds. The lowest BCUT2D eigenvalue weighted by atomic mass is 9.89. The van der Waals surface area contributed by atoms with E-state index < -0.39 is 0 Å². The molecule has 2 unspecified atom stereocenters. The SMILES string of the molecule is CCCCC1NC(C)N(CC(C)(C)CCOC)C1=O. The minimum atomic E-state index is 0.0215. The molecule has 0 aliphatic carbocycles. The van der Waals surface area contributed by atoms with Crippen molar-refractivity contribution in [3.63, 3.8) is 0 Å². The Balaban J connectivity index is 2.55. The summed E-state index contributed by atoms with van der Waals surface area (Å²) in [6, 6.07) is 0.0215. The van der Waals surface area contributed by atoms with Gasteiger partial charge < -0.3 is 9.64 Å². The summed E-state index contributed by atoms with van der Waals surface area (Å²) in [7, 11) is 1.72. The van der Waals surface area contributed by atoms with Gasteiger partial charge in [0.1, 0.15) is 0 Å². The molecule has 1 fully saturated rings. The number of hydrogen-bond donors (Lipinski definition) is 1. The molecule has 0 aromatic heterocycles. The van der Waals surface area contributed by atoms with Crippen LogP contribution in [0.25, 0.3) is 0 Å².